The second kappa shape index (κ2) is 4.39. The minimum Gasteiger partial charge on any atom is -0.468 e. The Labute approximate surface area is 81.5 Å². The summed E-state index contributed by atoms with van der Waals surface area (Å²) in [6, 6.07) is 1.49. The Morgan fingerprint density at radius 3 is 2.92 bits per heavy atom. The Balaban J connectivity index is 2.54. The van der Waals surface area contributed by atoms with Gasteiger partial charge in [-0.1, -0.05) is 0 Å². The first-order valence-electron chi connectivity index (χ1n) is 4.01. The van der Waals surface area contributed by atoms with Gasteiger partial charge in [0.25, 0.3) is 0 Å². The summed E-state index contributed by atoms with van der Waals surface area (Å²) in [5.74, 6) is -0.358. The molecule has 4 heteroatoms. The highest BCUT2D eigenvalue weighted by molar-refractivity contribution is 7.10. The largest absolute Gasteiger partial charge is 0.468 e. The number of esters is 1. The van der Waals surface area contributed by atoms with Crippen LogP contribution in [0.25, 0.3) is 0 Å². The van der Waals surface area contributed by atoms with Crippen LogP contribution >= 0.6 is 11.3 Å². The lowest BCUT2D eigenvalue weighted by molar-refractivity contribution is -0.142. The number of methoxy groups -OCH3 is 1. The van der Waals surface area contributed by atoms with Gasteiger partial charge in [0, 0.05) is 4.88 Å². The second-order valence-corrected chi connectivity index (χ2v) is 4.01. The Hall–Kier alpha value is -0.870. The van der Waals surface area contributed by atoms with Crippen molar-refractivity contribution in [2.24, 2.45) is 5.73 Å². The number of rotatable bonds is 3. The Kier molecular flexibility index (Phi) is 3.45. The molecule has 1 atom stereocenters. The lowest BCUT2D eigenvalue weighted by Gasteiger charge is -2.06. The molecule has 0 aliphatic rings. The van der Waals surface area contributed by atoms with Crippen molar-refractivity contribution in [2.45, 2.75) is 19.4 Å². The number of thiophene rings is 1. The SMILES string of the molecule is COC(=O)[C@H](N)Cc1csc(C)c1. The molecule has 0 saturated heterocycles. The molecule has 1 aromatic rings. The molecule has 0 aliphatic heterocycles. The van der Waals surface area contributed by atoms with Crippen LogP contribution in [0.3, 0.4) is 0 Å². The minimum absolute atomic E-state index is 0.358. The number of nitrogens with two attached hydrogens (primary N) is 1. The van der Waals surface area contributed by atoms with E-state index in [0.29, 0.717) is 6.42 Å². The van der Waals surface area contributed by atoms with Gasteiger partial charge in [0.15, 0.2) is 0 Å². The number of ether oxygens (including phenoxy) is 1. The molecule has 0 fully saturated rings. The maximum Gasteiger partial charge on any atom is 0.322 e. The molecule has 1 aromatic heterocycles. The molecule has 0 aromatic carbocycles. The Morgan fingerprint density at radius 2 is 2.46 bits per heavy atom. The summed E-state index contributed by atoms with van der Waals surface area (Å²) in [5.41, 5.74) is 6.70. The lowest BCUT2D eigenvalue weighted by atomic mass is 10.1. The molecular formula is C9H13NO2S. The van der Waals surface area contributed by atoms with Gasteiger partial charge in [0.05, 0.1) is 7.11 Å². The molecular weight excluding hydrogens is 186 g/mol. The van der Waals surface area contributed by atoms with Crippen LogP contribution in [-0.2, 0) is 16.0 Å². The molecule has 1 heterocycles. The fourth-order valence-electron chi connectivity index (χ4n) is 1.09. The third-order valence-corrected chi connectivity index (χ3v) is 2.65. The van der Waals surface area contributed by atoms with E-state index in [1.807, 2.05) is 18.4 Å². The van der Waals surface area contributed by atoms with E-state index in [0.717, 1.165) is 5.56 Å². The highest BCUT2D eigenvalue weighted by Crippen LogP contribution is 2.14. The predicted octanol–water partition coefficient (Wildman–Crippen LogP) is 1.10. The number of carbonyl (C=O) groups is 1. The Morgan fingerprint density at radius 1 is 1.77 bits per heavy atom. The number of carbonyl (C=O) groups excluding carboxylic acids is 1. The fourth-order valence-corrected chi connectivity index (χ4v) is 1.81. The molecule has 0 aliphatic carbocycles. The van der Waals surface area contributed by atoms with Gasteiger partial charge in [-0.2, -0.15) is 0 Å². The van der Waals surface area contributed by atoms with E-state index in [9.17, 15) is 4.79 Å². The summed E-state index contributed by atoms with van der Waals surface area (Å²) in [6.07, 6.45) is 0.553. The first-order valence-corrected chi connectivity index (χ1v) is 4.89. The summed E-state index contributed by atoms with van der Waals surface area (Å²) in [7, 11) is 1.35. The predicted molar refractivity (Wildman–Crippen MR) is 52.8 cm³/mol. The molecule has 0 saturated carbocycles. The van der Waals surface area contributed by atoms with Gasteiger partial charge in [-0.3, -0.25) is 4.79 Å². The second-order valence-electron chi connectivity index (χ2n) is 2.90. The zero-order valence-corrected chi connectivity index (χ0v) is 8.56. The van der Waals surface area contributed by atoms with Crippen molar-refractivity contribution >= 4 is 17.3 Å². The van der Waals surface area contributed by atoms with E-state index in [4.69, 9.17) is 5.73 Å². The van der Waals surface area contributed by atoms with Gasteiger partial charge in [-0.25, -0.2) is 0 Å². The number of hydrogen-bond donors (Lipinski definition) is 1. The molecule has 1 rings (SSSR count). The monoisotopic (exact) mass is 199 g/mol. The quantitative estimate of drug-likeness (QED) is 0.742. The van der Waals surface area contributed by atoms with E-state index in [2.05, 4.69) is 4.74 Å². The lowest BCUT2D eigenvalue weighted by Crippen LogP contribution is -2.33. The van der Waals surface area contributed by atoms with Crippen molar-refractivity contribution in [1.29, 1.82) is 0 Å². The van der Waals surface area contributed by atoms with E-state index in [-0.39, 0.29) is 5.97 Å². The van der Waals surface area contributed by atoms with Gasteiger partial charge in [-0.05, 0) is 30.4 Å². The zero-order chi connectivity index (χ0) is 9.84. The fraction of sp³-hybridized carbons (Fsp3) is 0.444. The van der Waals surface area contributed by atoms with Gasteiger partial charge in [0.1, 0.15) is 6.04 Å². The molecule has 13 heavy (non-hydrogen) atoms. The molecule has 0 unspecified atom stereocenters. The summed E-state index contributed by atoms with van der Waals surface area (Å²) in [4.78, 5) is 12.2. The molecule has 0 amide bonds. The topological polar surface area (TPSA) is 52.3 Å². The van der Waals surface area contributed by atoms with E-state index >= 15 is 0 Å². The zero-order valence-electron chi connectivity index (χ0n) is 7.74. The third kappa shape index (κ3) is 2.82. The number of aryl methyl sites for hydroxylation is 1. The minimum atomic E-state index is -0.543. The van der Waals surface area contributed by atoms with Crippen molar-refractivity contribution in [3.8, 4) is 0 Å². The van der Waals surface area contributed by atoms with Crippen molar-refractivity contribution in [3.05, 3.63) is 21.9 Å². The van der Waals surface area contributed by atoms with Crippen molar-refractivity contribution < 1.29 is 9.53 Å². The van der Waals surface area contributed by atoms with Gasteiger partial charge in [-0.15, -0.1) is 11.3 Å². The summed E-state index contributed by atoms with van der Waals surface area (Å²) in [5, 5.41) is 2.01. The molecule has 0 radical (unpaired) electrons. The smallest absolute Gasteiger partial charge is 0.322 e. The van der Waals surface area contributed by atoms with Gasteiger partial charge < -0.3 is 10.5 Å². The summed E-state index contributed by atoms with van der Waals surface area (Å²) < 4.78 is 4.53. The van der Waals surface area contributed by atoms with Crippen LogP contribution in [0.15, 0.2) is 11.4 Å². The van der Waals surface area contributed by atoms with Gasteiger partial charge >= 0.3 is 5.97 Å². The Bertz CT molecular complexity index is 296. The van der Waals surface area contributed by atoms with Crippen LogP contribution in [0.5, 0.6) is 0 Å². The van der Waals surface area contributed by atoms with Crippen LogP contribution in [-0.4, -0.2) is 19.1 Å². The van der Waals surface area contributed by atoms with Gasteiger partial charge in [0.2, 0.25) is 0 Å². The maximum atomic E-state index is 11.0. The highest BCUT2D eigenvalue weighted by atomic mass is 32.1. The van der Waals surface area contributed by atoms with Crippen LogP contribution in [0, 0.1) is 6.92 Å². The van der Waals surface area contributed by atoms with Crippen LogP contribution in [0.2, 0.25) is 0 Å². The number of hydrogen-bond acceptors (Lipinski definition) is 4. The van der Waals surface area contributed by atoms with Crippen molar-refractivity contribution in [2.75, 3.05) is 7.11 Å². The maximum absolute atomic E-state index is 11.0. The molecule has 0 bridgehead atoms. The average molecular weight is 199 g/mol. The molecule has 72 valence electrons. The average Bonchev–Trinajstić information content (AvgIpc) is 2.49. The van der Waals surface area contributed by atoms with Crippen molar-refractivity contribution in [1.82, 2.24) is 0 Å². The highest BCUT2D eigenvalue weighted by Gasteiger charge is 2.14. The van der Waals surface area contributed by atoms with E-state index in [1.54, 1.807) is 11.3 Å². The first kappa shape index (κ1) is 10.2. The van der Waals surface area contributed by atoms with E-state index in [1.165, 1.54) is 12.0 Å². The third-order valence-electron chi connectivity index (χ3n) is 1.74. The summed E-state index contributed by atoms with van der Waals surface area (Å²) >= 11 is 1.66. The molecule has 0 spiro atoms. The standard InChI is InChI=1S/C9H13NO2S/c1-6-3-7(5-13-6)4-8(10)9(11)12-2/h3,5,8H,4,10H2,1-2H3/t8-/m1/s1. The first-order chi connectivity index (χ1) is 6.13. The van der Waals surface area contributed by atoms with Crippen molar-refractivity contribution in [3.63, 3.8) is 0 Å². The summed E-state index contributed by atoms with van der Waals surface area (Å²) in [6.45, 7) is 2.03. The van der Waals surface area contributed by atoms with Crippen LogP contribution in [0.4, 0.5) is 0 Å². The van der Waals surface area contributed by atoms with E-state index < -0.39 is 6.04 Å². The normalized spacial score (nSPS) is 12.5. The molecule has 3 nitrogen and oxygen atoms in total. The van der Waals surface area contributed by atoms with Crippen LogP contribution < -0.4 is 5.73 Å². The molecule has 2 N–H and O–H groups in total. The van der Waals surface area contributed by atoms with Crippen LogP contribution in [0.1, 0.15) is 10.4 Å².